The molecule has 0 aromatic rings. The van der Waals surface area contributed by atoms with E-state index in [1.807, 2.05) is 6.92 Å². The second-order valence-electron chi connectivity index (χ2n) is 6.22. The van der Waals surface area contributed by atoms with Gasteiger partial charge in [-0.3, -0.25) is 4.90 Å². The van der Waals surface area contributed by atoms with Crippen molar-refractivity contribution in [2.45, 2.75) is 70.0 Å². The van der Waals surface area contributed by atoms with Crippen molar-refractivity contribution in [3.05, 3.63) is 0 Å². The van der Waals surface area contributed by atoms with E-state index in [1.165, 1.54) is 38.6 Å². The molecule has 3 nitrogen and oxygen atoms in total. The molecule has 1 heterocycles. The first-order valence-electron chi connectivity index (χ1n) is 6.99. The molecule has 2 fully saturated rings. The van der Waals surface area contributed by atoms with Crippen molar-refractivity contribution in [3.63, 3.8) is 0 Å². The fourth-order valence-electron chi connectivity index (χ4n) is 3.82. The lowest BCUT2D eigenvalue weighted by molar-refractivity contribution is 0.0652. The number of rotatable bonds is 3. The summed E-state index contributed by atoms with van der Waals surface area (Å²) < 4.78 is 0. The van der Waals surface area contributed by atoms with Crippen molar-refractivity contribution in [1.82, 2.24) is 4.90 Å². The second kappa shape index (κ2) is 4.96. The number of fused-ring (bicyclic) bond motifs is 1. The standard InChI is InChI=1S/C14H25N3/c1-11(9-14(2,16)10-15)17-8-4-6-12-5-3-7-13(12)17/h11-13H,3-9,16H2,1-2H3. The molecule has 0 radical (unpaired) electrons. The summed E-state index contributed by atoms with van der Waals surface area (Å²) in [6.45, 7) is 5.28. The molecule has 1 aliphatic heterocycles. The van der Waals surface area contributed by atoms with E-state index in [1.54, 1.807) is 0 Å². The molecule has 17 heavy (non-hydrogen) atoms. The van der Waals surface area contributed by atoms with E-state index in [4.69, 9.17) is 11.0 Å². The third kappa shape index (κ3) is 2.81. The van der Waals surface area contributed by atoms with Gasteiger partial charge in [0, 0.05) is 12.1 Å². The highest BCUT2D eigenvalue weighted by Gasteiger charge is 2.38. The first-order chi connectivity index (χ1) is 8.03. The van der Waals surface area contributed by atoms with Crippen molar-refractivity contribution < 1.29 is 0 Å². The largest absolute Gasteiger partial charge is 0.314 e. The number of nitriles is 1. The van der Waals surface area contributed by atoms with Crippen LogP contribution in [0.25, 0.3) is 0 Å². The lowest BCUT2D eigenvalue weighted by atomic mass is 9.88. The molecule has 0 bridgehead atoms. The van der Waals surface area contributed by atoms with Crippen molar-refractivity contribution in [2.75, 3.05) is 6.54 Å². The van der Waals surface area contributed by atoms with Gasteiger partial charge in [-0.1, -0.05) is 6.42 Å². The maximum Gasteiger partial charge on any atom is 0.102 e. The highest BCUT2D eigenvalue weighted by atomic mass is 15.2. The van der Waals surface area contributed by atoms with Gasteiger partial charge in [0.05, 0.1) is 6.07 Å². The lowest BCUT2D eigenvalue weighted by Gasteiger charge is -2.42. The minimum Gasteiger partial charge on any atom is -0.314 e. The average Bonchev–Trinajstić information content (AvgIpc) is 2.76. The Morgan fingerprint density at radius 3 is 2.82 bits per heavy atom. The summed E-state index contributed by atoms with van der Waals surface area (Å²) in [7, 11) is 0. The third-order valence-electron chi connectivity index (χ3n) is 4.58. The van der Waals surface area contributed by atoms with Crippen LogP contribution >= 0.6 is 0 Å². The van der Waals surface area contributed by atoms with Crippen LogP contribution in [0.3, 0.4) is 0 Å². The van der Waals surface area contributed by atoms with Crippen molar-refractivity contribution in [2.24, 2.45) is 11.7 Å². The lowest BCUT2D eigenvalue weighted by Crippen LogP contribution is -2.51. The number of hydrogen-bond acceptors (Lipinski definition) is 3. The Morgan fingerprint density at radius 2 is 2.12 bits per heavy atom. The van der Waals surface area contributed by atoms with Crippen LogP contribution in [0.15, 0.2) is 0 Å². The number of piperidine rings is 1. The molecule has 0 aromatic heterocycles. The molecule has 2 rings (SSSR count). The van der Waals surface area contributed by atoms with Gasteiger partial charge >= 0.3 is 0 Å². The summed E-state index contributed by atoms with van der Waals surface area (Å²) in [4.78, 5) is 2.63. The van der Waals surface area contributed by atoms with Gasteiger partial charge in [-0.2, -0.15) is 5.26 Å². The van der Waals surface area contributed by atoms with E-state index in [-0.39, 0.29) is 0 Å². The minimum absolute atomic E-state index is 0.440. The molecule has 2 aliphatic rings. The predicted octanol–water partition coefficient (Wildman–Crippen LogP) is 2.27. The molecule has 4 unspecified atom stereocenters. The molecule has 1 aliphatic carbocycles. The molecule has 0 amide bonds. The molecular weight excluding hydrogens is 210 g/mol. The van der Waals surface area contributed by atoms with E-state index in [9.17, 15) is 0 Å². The monoisotopic (exact) mass is 235 g/mol. The normalized spacial score (nSPS) is 34.7. The Balaban J connectivity index is 1.99. The molecule has 96 valence electrons. The summed E-state index contributed by atoms with van der Waals surface area (Å²) in [5, 5.41) is 9.04. The van der Waals surface area contributed by atoms with Gasteiger partial charge in [-0.05, 0) is 58.4 Å². The van der Waals surface area contributed by atoms with Gasteiger partial charge in [-0.15, -0.1) is 0 Å². The first kappa shape index (κ1) is 12.9. The minimum atomic E-state index is -0.676. The van der Waals surface area contributed by atoms with Gasteiger partial charge in [0.25, 0.3) is 0 Å². The Hall–Kier alpha value is -0.590. The summed E-state index contributed by atoms with van der Waals surface area (Å²) >= 11 is 0. The summed E-state index contributed by atoms with van der Waals surface area (Å²) in [5.74, 6) is 0.914. The van der Waals surface area contributed by atoms with Crippen LogP contribution in [0.4, 0.5) is 0 Å². The zero-order chi connectivity index (χ0) is 12.5. The molecule has 0 spiro atoms. The van der Waals surface area contributed by atoms with E-state index in [0.29, 0.717) is 6.04 Å². The number of likely N-dealkylation sites (tertiary alicyclic amines) is 1. The summed E-state index contributed by atoms with van der Waals surface area (Å²) in [5.41, 5.74) is 5.30. The molecular formula is C14H25N3. The molecule has 1 saturated heterocycles. The Labute approximate surface area is 105 Å². The SMILES string of the molecule is CC(CC(C)(N)C#N)N1CCCC2CCCC21. The Morgan fingerprint density at radius 1 is 1.41 bits per heavy atom. The summed E-state index contributed by atoms with van der Waals surface area (Å²) in [6.07, 6.45) is 7.66. The highest BCUT2D eigenvalue weighted by molar-refractivity contribution is 5.04. The van der Waals surface area contributed by atoms with Crippen LogP contribution < -0.4 is 5.73 Å². The Bertz CT molecular complexity index is 305. The molecule has 0 aromatic carbocycles. The quantitative estimate of drug-likeness (QED) is 0.816. The maximum atomic E-state index is 9.04. The number of hydrogen-bond donors (Lipinski definition) is 1. The van der Waals surface area contributed by atoms with Crippen LogP contribution in [0.5, 0.6) is 0 Å². The van der Waals surface area contributed by atoms with Crippen LogP contribution in [0.2, 0.25) is 0 Å². The van der Waals surface area contributed by atoms with Gasteiger partial charge < -0.3 is 5.73 Å². The third-order valence-corrected chi connectivity index (χ3v) is 4.58. The smallest absolute Gasteiger partial charge is 0.102 e. The molecule has 2 N–H and O–H groups in total. The fraction of sp³-hybridized carbons (Fsp3) is 0.929. The van der Waals surface area contributed by atoms with Crippen molar-refractivity contribution >= 4 is 0 Å². The molecule has 3 heteroatoms. The average molecular weight is 235 g/mol. The molecule has 1 saturated carbocycles. The van der Waals surface area contributed by atoms with Gasteiger partial charge in [0.15, 0.2) is 0 Å². The van der Waals surface area contributed by atoms with E-state index in [0.717, 1.165) is 18.4 Å². The number of nitrogens with two attached hydrogens (primary N) is 1. The fourth-order valence-corrected chi connectivity index (χ4v) is 3.82. The van der Waals surface area contributed by atoms with Crippen molar-refractivity contribution in [1.29, 1.82) is 5.26 Å². The maximum absolute atomic E-state index is 9.04. The van der Waals surface area contributed by atoms with Crippen LogP contribution in [-0.2, 0) is 0 Å². The van der Waals surface area contributed by atoms with Crippen molar-refractivity contribution in [3.8, 4) is 6.07 Å². The summed E-state index contributed by atoms with van der Waals surface area (Å²) in [6, 6.07) is 3.43. The zero-order valence-corrected chi connectivity index (χ0v) is 11.2. The van der Waals surface area contributed by atoms with E-state index < -0.39 is 5.54 Å². The van der Waals surface area contributed by atoms with Gasteiger partial charge in [-0.25, -0.2) is 0 Å². The van der Waals surface area contributed by atoms with Crippen LogP contribution in [0, 0.1) is 17.2 Å². The first-order valence-corrected chi connectivity index (χ1v) is 6.99. The second-order valence-corrected chi connectivity index (χ2v) is 6.22. The van der Waals surface area contributed by atoms with E-state index >= 15 is 0 Å². The predicted molar refractivity (Wildman–Crippen MR) is 69.4 cm³/mol. The van der Waals surface area contributed by atoms with Gasteiger partial charge in [0.2, 0.25) is 0 Å². The Kier molecular flexibility index (Phi) is 3.75. The zero-order valence-electron chi connectivity index (χ0n) is 11.2. The van der Waals surface area contributed by atoms with Crippen LogP contribution in [-0.4, -0.2) is 29.1 Å². The number of nitrogens with zero attached hydrogens (tertiary/aromatic N) is 2. The molecule has 4 atom stereocenters. The topological polar surface area (TPSA) is 53.1 Å². The van der Waals surface area contributed by atoms with E-state index in [2.05, 4.69) is 17.9 Å². The highest BCUT2D eigenvalue weighted by Crippen LogP contribution is 2.38. The van der Waals surface area contributed by atoms with Gasteiger partial charge in [0.1, 0.15) is 5.54 Å². The van der Waals surface area contributed by atoms with Crippen LogP contribution in [0.1, 0.15) is 52.4 Å².